The lowest BCUT2D eigenvalue weighted by molar-refractivity contribution is -0.139. The molecule has 0 unspecified atom stereocenters. The van der Waals surface area contributed by atoms with Gasteiger partial charge in [-0.3, -0.25) is 4.79 Å². The van der Waals surface area contributed by atoms with Gasteiger partial charge in [0.25, 0.3) is 6.47 Å². The highest BCUT2D eigenvalue weighted by Crippen LogP contribution is 2.11. The van der Waals surface area contributed by atoms with Gasteiger partial charge in [-0.25, -0.2) is 0 Å². The number of nitrogens with one attached hydrogen (secondary N) is 1. The molecule has 0 bridgehead atoms. The summed E-state index contributed by atoms with van der Waals surface area (Å²) in [6.07, 6.45) is 0. The average molecular weight is 237 g/mol. The summed E-state index contributed by atoms with van der Waals surface area (Å²) in [7, 11) is 1.65. The maximum atomic E-state index is 10.3. The fraction of sp³-hybridized carbons (Fsp3) is 0.462. The van der Waals surface area contributed by atoms with Crippen LogP contribution in [0, 0.1) is 0 Å². The number of carbonyl (C=O) groups is 1. The van der Waals surface area contributed by atoms with Crippen molar-refractivity contribution in [2.45, 2.75) is 26.0 Å². The number of hydrogen-bond acceptors (Lipinski definition) is 4. The summed E-state index contributed by atoms with van der Waals surface area (Å²) in [5.41, 5.74) is 0.682. The minimum Gasteiger partial charge on any atom is -0.497 e. The Morgan fingerprint density at radius 1 is 1.29 bits per heavy atom. The van der Waals surface area contributed by atoms with Crippen LogP contribution in [-0.2, 0) is 16.1 Å². The van der Waals surface area contributed by atoms with Crippen molar-refractivity contribution in [2.75, 3.05) is 13.7 Å². The van der Waals surface area contributed by atoms with E-state index in [1.54, 1.807) is 7.11 Å². The second-order valence-electron chi connectivity index (χ2n) is 4.43. The van der Waals surface area contributed by atoms with Crippen molar-refractivity contribution in [3.8, 4) is 5.75 Å². The first-order valence-electron chi connectivity index (χ1n) is 5.52. The summed E-state index contributed by atoms with van der Waals surface area (Å²) in [4.78, 5) is 10.3. The van der Waals surface area contributed by atoms with Gasteiger partial charge in [0, 0.05) is 13.1 Å². The van der Waals surface area contributed by atoms with E-state index >= 15 is 0 Å². The van der Waals surface area contributed by atoms with Crippen molar-refractivity contribution < 1.29 is 14.3 Å². The SMILES string of the molecule is COc1ccc(CNCC(C)(C)OC=O)cc1. The minimum atomic E-state index is -0.478. The molecule has 0 atom stereocenters. The Labute approximate surface area is 102 Å². The van der Waals surface area contributed by atoms with Gasteiger partial charge in [0.1, 0.15) is 11.4 Å². The predicted molar refractivity (Wildman–Crippen MR) is 65.9 cm³/mol. The van der Waals surface area contributed by atoms with Gasteiger partial charge in [-0.15, -0.1) is 0 Å². The van der Waals surface area contributed by atoms with Crippen LogP contribution in [0.15, 0.2) is 24.3 Å². The molecule has 0 aliphatic heterocycles. The van der Waals surface area contributed by atoms with Crippen LogP contribution in [0.25, 0.3) is 0 Å². The van der Waals surface area contributed by atoms with Crippen molar-refractivity contribution in [2.24, 2.45) is 0 Å². The van der Waals surface area contributed by atoms with Crippen LogP contribution in [0.5, 0.6) is 5.75 Å². The molecule has 0 saturated carbocycles. The van der Waals surface area contributed by atoms with Crippen molar-refractivity contribution in [3.05, 3.63) is 29.8 Å². The first-order valence-corrected chi connectivity index (χ1v) is 5.52. The molecule has 17 heavy (non-hydrogen) atoms. The third-order valence-electron chi connectivity index (χ3n) is 2.41. The largest absolute Gasteiger partial charge is 0.497 e. The van der Waals surface area contributed by atoms with Crippen molar-refractivity contribution >= 4 is 6.47 Å². The molecular weight excluding hydrogens is 218 g/mol. The minimum absolute atomic E-state index is 0.478. The molecular formula is C13H19NO3. The lowest BCUT2D eigenvalue weighted by Gasteiger charge is -2.22. The van der Waals surface area contributed by atoms with Gasteiger partial charge < -0.3 is 14.8 Å². The highest BCUT2D eigenvalue weighted by molar-refractivity contribution is 5.38. The molecule has 0 aliphatic carbocycles. The van der Waals surface area contributed by atoms with Crippen LogP contribution < -0.4 is 10.1 Å². The zero-order valence-electron chi connectivity index (χ0n) is 10.5. The molecule has 0 fully saturated rings. The van der Waals surface area contributed by atoms with E-state index in [4.69, 9.17) is 9.47 Å². The topological polar surface area (TPSA) is 47.6 Å². The summed E-state index contributed by atoms with van der Waals surface area (Å²) in [5, 5.41) is 3.24. The molecule has 0 aromatic heterocycles. The fourth-order valence-electron chi connectivity index (χ4n) is 1.42. The molecule has 1 aromatic carbocycles. The van der Waals surface area contributed by atoms with Crippen LogP contribution in [0.3, 0.4) is 0 Å². The molecule has 0 aliphatic rings. The third-order valence-corrected chi connectivity index (χ3v) is 2.41. The number of ether oxygens (including phenoxy) is 2. The van der Waals surface area contributed by atoms with Crippen molar-refractivity contribution in [3.63, 3.8) is 0 Å². The standard InChI is InChI=1S/C13H19NO3/c1-13(2,17-10-15)9-14-8-11-4-6-12(16-3)7-5-11/h4-7,10,14H,8-9H2,1-3H3. The predicted octanol–water partition coefficient (Wildman–Crippen LogP) is 1.74. The van der Waals surface area contributed by atoms with E-state index in [1.165, 1.54) is 0 Å². The smallest absolute Gasteiger partial charge is 0.293 e. The van der Waals surface area contributed by atoms with Gasteiger partial charge in [-0.05, 0) is 31.5 Å². The van der Waals surface area contributed by atoms with Gasteiger partial charge in [0.2, 0.25) is 0 Å². The van der Waals surface area contributed by atoms with Crippen molar-refractivity contribution in [1.29, 1.82) is 0 Å². The Bertz CT molecular complexity index is 346. The number of rotatable bonds is 7. The Kier molecular flexibility index (Phi) is 4.97. The molecule has 1 N–H and O–H groups in total. The highest BCUT2D eigenvalue weighted by atomic mass is 16.5. The second-order valence-corrected chi connectivity index (χ2v) is 4.43. The number of carbonyl (C=O) groups excluding carboxylic acids is 1. The molecule has 4 nitrogen and oxygen atoms in total. The summed E-state index contributed by atoms with van der Waals surface area (Å²) >= 11 is 0. The van der Waals surface area contributed by atoms with Crippen LogP contribution >= 0.6 is 0 Å². The van der Waals surface area contributed by atoms with Crippen molar-refractivity contribution in [1.82, 2.24) is 5.32 Å². The van der Waals surface area contributed by atoms with E-state index in [0.717, 1.165) is 17.9 Å². The van der Waals surface area contributed by atoms with Crippen LogP contribution in [-0.4, -0.2) is 25.7 Å². The maximum absolute atomic E-state index is 10.3. The molecule has 0 heterocycles. The first-order chi connectivity index (χ1) is 8.07. The Morgan fingerprint density at radius 3 is 2.47 bits per heavy atom. The number of hydrogen-bond donors (Lipinski definition) is 1. The molecule has 1 aromatic rings. The van der Waals surface area contributed by atoms with E-state index in [2.05, 4.69) is 5.32 Å². The molecule has 0 spiro atoms. The van der Waals surface area contributed by atoms with Crippen LogP contribution in [0.2, 0.25) is 0 Å². The maximum Gasteiger partial charge on any atom is 0.293 e. The van der Waals surface area contributed by atoms with E-state index in [9.17, 15) is 4.79 Å². The van der Waals surface area contributed by atoms with Crippen LogP contribution in [0.1, 0.15) is 19.4 Å². The zero-order valence-corrected chi connectivity index (χ0v) is 10.5. The van der Waals surface area contributed by atoms with Gasteiger partial charge in [0.05, 0.1) is 7.11 Å². The lowest BCUT2D eigenvalue weighted by atomic mass is 10.1. The lowest BCUT2D eigenvalue weighted by Crippen LogP contribution is -2.37. The third kappa shape index (κ3) is 4.87. The monoisotopic (exact) mass is 237 g/mol. The molecule has 1 rings (SSSR count). The van der Waals surface area contributed by atoms with E-state index < -0.39 is 5.60 Å². The Balaban J connectivity index is 2.37. The summed E-state index contributed by atoms with van der Waals surface area (Å²) in [6.45, 7) is 5.55. The van der Waals surface area contributed by atoms with E-state index in [-0.39, 0.29) is 0 Å². The van der Waals surface area contributed by atoms with Gasteiger partial charge in [0.15, 0.2) is 0 Å². The summed E-state index contributed by atoms with van der Waals surface area (Å²) in [6, 6.07) is 7.84. The average Bonchev–Trinajstić information content (AvgIpc) is 2.29. The number of methoxy groups -OCH3 is 1. The molecule has 0 radical (unpaired) electrons. The first kappa shape index (κ1) is 13.5. The van der Waals surface area contributed by atoms with Gasteiger partial charge >= 0.3 is 0 Å². The second kappa shape index (κ2) is 6.25. The molecule has 4 heteroatoms. The normalized spacial score (nSPS) is 11.0. The van der Waals surface area contributed by atoms with Gasteiger partial charge in [-0.2, -0.15) is 0 Å². The van der Waals surface area contributed by atoms with E-state index in [0.29, 0.717) is 13.0 Å². The number of benzene rings is 1. The highest BCUT2D eigenvalue weighted by Gasteiger charge is 2.17. The summed E-state index contributed by atoms with van der Waals surface area (Å²) < 4.78 is 10.0. The van der Waals surface area contributed by atoms with E-state index in [1.807, 2.05) is 38.1 Å². The molecule has 0 amide bonds. The zero-order chi connectivity index (χ0) is 12.7. The molecule has 94 valence electrons. The Hall–Kier alpha value is -1.55. The summed E-state index contributed by atoms with van der Waals surface area (Å²) in [5.74, 6) is 0.846. The molecule has 0 saturated heterocycles. The van der Waals surface area contributed by atoms with Gasteiger partial charge in [-0.1, -0.05) is 12.1 Å². The Morgan fingerprint density at radius 2 is 1.94 bits per heavy atom. The van der Waals surface area contributed by atoms with Crippen LogP contribution in [0.4, 0.5) is 0 Å². The quantitative estimate of drug-likeness (QED) is 0.734. The fourth-order valence-corrected chi connectivity index (χ4v) is 1.42.